The number of carbonyl (C=O) groups excluding carboxylic acids is 2. The van der Waals surface area contributed by atoms with Crippen molar-refractivity contribution in [2.45, 2.75) is 18.6 Å². The molecule has 0 aliphatic carbocycles. The molecule has 0 spiro atoms. The summed E-state index contributed by atoms with van der Waals surface area (Å²) in [6.07, 6.45) is 0. The van der Waals surface area contributed by atoms with Crippen LogP contribution in [-0.2, 0) is 18.4 Å². The Hall–Kier alpha value is -3.04. The third-order valence-corrected chi connectivity index (χ3v) is 5.75. The maximum Gasteiger partial charge on any atom is 0.251 e. The summed E-state index contributed by atoms with van der Waals surface area (Å²) in [6, 6.07) is 12.4. The first-order valence-electron chi connectivity index (χ1n) is 9.37. The van der Waals surface area contributed by atoms with Crippen LogP contribution >= 0.6 is 23.4 Å². The van der Waals surface area contributed by atoms with Gasteiger partial charge in [-0.25, -0.2) is 0 Å². The van der Waals surface area contributed by atoms with Crippen molar-refractivity contribution in [1.82, 2.24) is 20.1 Å². The molecule has 162 valence electrons. The van der Waals surface area contributed by atoms with Gasteiger partial charge in [-0.15, -0.1) is 10.2 Å². The summed E-state index contributed by atoms with van der Waals surface area (Å²) in [5.41, 5.74) is 2.02. The Kier molecular flexibility index (Phi) is 7.54. The minimum Gasteiger partial charge on any atom is -0.495 e. The van der Waals surface area contributed by atoms with E-state index in [1.165, 1.54) is 18.9 Å². The van der Waals surface area contributed by atoms with E-state index < -0.39 is 0 Å². The summed E-state index contributed by atoms with van der Waals surface area (Å²) in [5, 5.41) is 14.9. The molecule has 0 saturated carbocycles. The molecule has 0 unspecified atom stereocenters. The molecule has 31 heavy (non-hydrogen) atoms. The van der Waals surface area contributed by atoms with Gasteiger partial charge >= 0.3 is 0 Å². The monoisotopic (exact) mass is 459 g/mol. The lowest BCUT2D eigenvalue weighted by molar-refractivity contribution is -0.113. The molecule has 2 aromatic carbocycles. The minimum absolute atomic E-state index is 0.122. The van der Waals surface area contributed by atoms with Gasteiger partial charge < -0.3 is 19.9 Å². The zero-order valence-electron chi connectivity index (χ0n) is 17.3. The highest BCUT2D eigenvalue weighted by molar-refractivity contribution is 7.99. The van der Waals surface area contributed by atoms with Gasteiger partial charge in [-0.05, 0) is 36.8 Å². The number of anilines is 1. The van der Waals surface area contributed by atoms with E-state index in [0.29, 0.717) is 33.0 Å². The average Bonchev–Trinajstić information content (AvgIpc) is 3.10. The number of rotatable bonds is 8. The average molecular weight is 460 g/mol. The van der Waals surface area contributed by atoms with Gasteiger partial charge in [-0.3, -0.25) is 9.59 Å². The van der Waals surface area contributed by atoms with Gasteiger partial charge in [-0.1, -0.05) is 41.6 Å². The number of hydrogen-bond donors (Lipinski definition) is 2. The van der Waals surface area contributed by atoms with E-state index in [1.54, 1.807) is 35.9 Å². The number of methoxy groups -OCH3 is 1. The highest BCUT2D eigenvalue weighted by Crippen LogP contribution is 2.28. The summed E-state index contributed by atoms with van der Waals surface area (Å²) in [7, 11) is 3.31. The Labute approximate surface area is 189 Å². The van der Waals surface area contributed by atoms with E-state index in [0.717, 1.165) is 5.56 Å². The molecular formula is C21H22ClN5O3S. The number of carbonyl (C=O) groups is 2. The Balaban J connectivity index is 1.56. The molecule has 3 aromatic rings. The fraction of sp³-hybridized carbons (Fsp3) is 0.238. The quantitative estimate of drug-likeness (QED) is 0.501. The maximum absolute atomic E-state index is 12.4. The number of halogens is 1. The Morgan fingerprint density at radius 3 is 2.71 bits per heavy atom. The maximum atomic E-state index is 12.4. The van der Waals surface area contributed by atoms with Crippen LogP contribution in [0.25, 0.3) is 0 Å². The Morgan fingerprint density at radius 2 is 1.97 bits per heavy atom. The standard InChI is InChI=1S/C21H22ClN5O3S/c1-13-6-4-5-7-15(13)20(29)23-11-18-25-26-21(27(18)2)31-12-19(28)24-16-10-14(22)8-9-17(16)30-3/h4-10H,11-12H2,1-3H3,(H,23,29)(H,24,28). The van der Waals surface area contributed by atoms with Crippen molar-refractivity contribution >= 4 is 40.9 Å². The van der Waals surface area contributed by atoms with Crippen LogP contribution in [0.3, 0.4) is 0 Å². The number of hydrogen-bond acceptors (Lipinski definition) is 6. The minimum atomic E-state index is -0.233. The summed E-state index contributed by atoms with van der Waals surface area (Å²) in [5.74, 6) is 0.819. The SMILES string of the molecule is COc1ccc(Cl)cc1NC(=O)CSc1nnc(CNC(=O)c2ccccc2C)n1C. The first-order valence-corrected chi connectivity index (χ1v) is 10.7. The van der Waals surface area contributed by atoms with E-state index >= 15 is 0 Å². The van der Waals surface area contributed by atoms with Gasteiger partial charge in [-0.2, -0.15) is 0 Å². The van der Waals surface area contributed by atoms with Crippen molar-refractivity contribution in [3.05, 3.63) is 64.4 Å². The summed E-state index contributed by atoms with van der Waals surface area (Å²) in [6.45, 7) is 2.11. The first kappa shape index (κ1) is 22.6. The highest BCUT2D eigenvalue weighted by atomic mass is 35.5. The van der Waals surface area contributed by atoms with Crippen molar-refractivity contribution in [3.8, 4) is 5.75 Å². The molecule has 2 amide bonds. The molecule has 8 nitrogen and oxygen atoms in total. The van der Waals surface area contributed by atoms with Gasteiger partial charge in [0.05, 0.1) is 25.1 Å². The third kappa shape index (κ3) is 5.77. The number of amides is 2. The second-order valence-corrected chi connectivity index (χ2v) is 8.02. The number of ether oxygens (including phenoxy) is 1. The van der Waals surface area contributed by atoms with Gasteiger partial charge in [0.1, 0.15) is 5.75 Å². The van der Waals surface area contributed by atoms with Crippen molar-refractivity contribution in [1.29, 1.82) is 0 Å². The van der Waals surface area contributed by atoms with Crippen molar-refractivity contribution in [2.24, 2.45) is 7.05 Å². The van der Waals surface area contributed by atoms with Gasteiger partial charge in [0.15, 0.2) is 11.0 Å². The molecule has 0 aliphatic heterocycles. The lowest BCUT2D eigenvalue weighted by Crippen LogP contribution is -2.25. The molecule has 0 aliphatic rings. The smallest absolute Gasteiger partial charge is 0.251 e. The molecule has 10 heteroatoms. The molecule has 1 heterocycles. The molecule has 2 N–H and O–H groups in total. The van der Waals surface area contributed by atoms with Gasteiger partial charge in [0, 0.05) is 17.6 Å². The van der Waals surface area contributed by atoms with E-state index in [1.807, 2.05) is 25.1 Å². The van der Waals surface area contributed by atoms with Crippen LogP contribution in [0.4, 0.5) is 5.69 Å². The number of benzene rings is 2. The van der Waals surface area contributed by atoms with E-state index in [-0.39, 0.29) is 24.1 Å². The van der Waals surface area contributed by atoms with E-state index in [2.05, 4.69) is 20.8 Å². The molecular weight excluding hydrogens is 438 g/mol. The van der Waals surface area contributed by atoms with Crippen LogP contribution in [-0.4, -0.2) is 39.4 Å². The Bertz CT molecular complexity index is 1100. The topological polar surface area (TPSA) is 98.1 Å². The number of thioether (sulfide) groups is 1. The third-order valence-electron chi connectivity index (χ3n) is 4.49. The van der Waals surface area contributed by atoms with Crippen LogP contribution < -0.4 is 15.4 Å². The molecule has 0 saturated heterocycles. The van der Waals surface area contributed by atoms with Crippen LogP contribution in [0.5, 0.6) is 5.75 Å². The molecule has 1 aromatic heterocycles. The molecule has 0 atom stereocenters. The van der Waals surface area contributed by atoms with Crippen molar-refractivity contribution in [2.75, 3.05) is 18.2 Å². The zero-order valence-corrected chi connectivity index (χ0v) is 18.9. The lowest BCUT2D eigenvalue weighted by atomic mass is 10.1. The molecule has 3 rings (SSSR count). The number of nitrogens with one attached hydrogen (secondary N) is 2. The summed E-state index contributed by atoms with van der Waals surface area (Å²) >= 11 is 7.23. The van der Waals surface area contributed by atoms with E-state index in [9.17, 15) is 9.59 Å². The number of aromatic nitrogens is 3. The predicted molar refractivity (Wildman–Crippen MR) is 121 cm³/mol. The molecule has 0 radical (unpaired) electrons. The van der Waals surface area contributed by atoms with Gasteiger partial charge in [0.25, 0.3) is 5.91 Å². The second-order valence-electron chi connectivity index (χ2n) is 6.64. The zero-order chi connectivity index (χ0) is 22.4. The van der Waals surface area contributed by atoms with E-state index in [4.69, 9.17) is 16.3 Å². The Morgan fingerprint density at radius 1 is 1.19 bits per heavy atom. The highest BCUT2D eigenvalue weighted by Gasteiger charge is 2.15. The summed E-state index contributed by atoms with van der Waals surface area (Å²) < 4.78 is 6.98. The van der Waals surface area contributed by atoms with Crippen LogP contribution in [0.1, 0.15) is 21.7 Å². The molecule has 0 bridgehead atoms. The second kappa shape index (κ2) is 10.3. The molecule has 0 fully saturated rings. The van der Waals surface area contributed by atoms with Crippen molar-refractivity contribution in [3.63, 3.8) is 0 Å². The van der Waals surface area contributed by atoms with Gasteiger partial charge in [0.2, 0.25) is 5.91 Å². The number of nitrogens with zero attached hydrogens (tertiary/aromatic N) is 3. The largest absolute Gasteiger partial charge is 0.495 e. The predicted octanol–water partition coefficient (Wildman–Crippen LogP) is 3.45. The lowest BCUT2D eigenvalue weighted by Gasteiger charge is -2.10. The fourth-order valence-corrected chi connectivity index (χ4v) is 3.70. The van der Waals surface area contributed by atoms with Crippen molar-refractivity contribution < 1.29 is 14.3 Å². The summed E-state index contributed by atoms with van der Waals surface area (Å²) in [4.78, 5) is 24.7. The fourth-order valence-electron chi connectivity index (χ4n) is 2.80. The number of aryl methyl sites for hydroxylation is 1. The van der Waals surface area contributed by atoms with Crippen LogP contribution in [0, 0.1) is 6.92 Å². The normalized spacial score (nSPS) is 10.6. The van der Waals surface area contributed by atoms with Crippen LogP contribution in [0.2, 0.25) is 5.02 Å². The van der Waals surface area contributed by atoms with Crippen LogP contribution in [0.15, 0.2) is 47.6 Å². The first-order chi connectivity index (χ1) is 14.9.